The van der Waals surface area contributed by atoms with Gasteiger partial charge in [-0.25, -0.2) is 4.79 Å². The predicted octanol–water partition coefficient (Wildman–Crippen LogP) is 3.70. The Morgan fingerprint density at radius 2 is 2.07 bits per heavy atom. The first-order chi connectivity index (χ1) is 12.9. The van der Waals surface area contributed by atoms with Gasteiger partial charge in [0.05, 0.1) is 7.11 Å². The topological polar surface area (TPSA) is 88.8 Å². The second-order valence-electron chi connectivity index (χ2n) is 6.89. The first-order valence-corrected chi connectivity index (χ1v) is 9.28. The normalized spacial score (nSPS) is 15.3. The monoisotopic (exact) mass is 371 g/mol. The van der Waals surface area contributed by atoms with Gasteiger partial charge in [0.15, 0.2) is 0 Å². The first-order valence-electron chi connectivity index (χ1n) is 9.28. The zero-order chi connectivity index (χ0) is 19.6. The molecule has 0 saturated heterocycles. The molecule has 1 atom stereocenters. The lowest BCUT2D eigenvalue weighted by atomic mass is 9.94. The van der Waals surface area contributed by atoms with Gasteiger partial charge in [0, 0.05) is 35.1 Å². The number of aryl methyl sites for hydroxylation is 2. The van der Waals surface area contributed by atoms with Gasteiger partial charge in [-0.15, -0.1) is 0 Å². The Labute approximate surface area is 158 Å². The number of furan rings is 1. The molecule has 0 radical (unpaired) electrons. The Bertz CT molecular complexity index is 909. The van der Waals surface area contributed by atoms with E-state index < -0.39 is 17.9 Å². The predicted molar refractivity (Wildman–Crippen MR) is 103 cm³/mol. The van der Waals surface area contributed by atoms with Crippen molar-refractivity contribution in [2.45, 2.75) is 52.0 Å². The Morgan fingerprint density at radius 3 is 2.74 bits per heavy atom. The molecule has 6 heteroatoms. The van der Waals surface area contributed by atoms with Crippen LogP contribution in [0.5, 0.6) is 5.75 Å². The van der Waals surface area contributed by atoms with Crippen molar-refractivity contribution in [3.63, 3.8) is 0 Å². The third-order valence-electron chi connectivity index (χ3n) is 5.07. The van der Waals surface area contributed by atoms with Crippen molar-refractivity contribution in [1.82, 2.24) is 5.32 Å². The van der Waals surface area contributed by atoms with Crippen LogP contribution < -0.4 is 10.1 Å². The van der Waals surface area contributed by atoms with Crippen molar-refractivity contribution in [3.05, 3.63) is 35.1 Å². The summed E-state index contributed by atoms with van der Waals surface area (Å²) in [5.74, 6) is 0.196. The number of carbonyl (C=O) groups excluding carboxylic acids is 1. The molecule has 144 valence electrons. The fourth-order valence-electron chi connectivity index (χ4n) is 3.59. The van der Waals surface area contributed by atoms with Crippen LogP contribution in [0, 0.1) is 0 Å². The van der Waals surface area contributed by atoms with Crippen LogP contribution in [0.3, 0.4) is 0 Å². The number of hydrogen-bond acceptors (Lipinski definition) is 4. The number of carboxylic acids is 1. The number of allylic oxidation sites excluding steroid dienone is 1. The van der Waals surface area contributed by atoms with Gasteiger partial charge in [0.25, 0.3) is 0 Å². The highest BCUT2D eigenvalue weighted by Crippen LogP contribution is 2.37. The van der Waals surface area contributed by atoms with E-state index in [1.54, 1.807) is 14.0 Å². The second kappa shape index (κ2) is 7.86. The summed E-state index contributed by atoms with van der Waals surface area (Å²) in [6.45, 7) is 3.53. The van der Waals surface area contributed by atoms with Crippen molar-refractivity contribution >= 4 is 28.4 Å². The first kappa shape index (κ1) is 19.0. The second-order valence-corrected chi connectivity index (χ2v) is 6.89. The average Bonchev–Trinajstić information content (AvgIpc) is 3.02. The van der Waals surface area contributed by atoms with Gasteiger partial charge in [0.2, 0.25) is 5.91 Å². The van der Waals surface area contributed by atoms with E-state index in [0.29, 0.717) is 17.7 Å². The van der Waals surface area contributed by atoms with E-state index in [2.05, 4.69) is 5.32 Å². The van der Waals surface area contributed by atoms with E-state index in [4.69, 9.17) is 14.3 Å². The van der Waals surface area contributed by atoms with Gasteiger partial charge in [-0.05, 0) is 44.2 Å². The summed E-state index contributed by atoms with van der Waals surface area (Å²) < 4.78 is 11.5. The molecule has 1 heterocycles. The van der Waals surface area contributed by atoms with Gasteiger partial charge >= 0.3 is 5.97 Å². The zero-order valence-electron chi connectivity index (χ0n) is 15.9. The number of fused-ring (bicyclic) bond motifs is 3. The highest BCUT2D eigenvalue weighted by atomic mass is 16.5. The van der Waals surface area contributed by atoms with Gasteiger partial charge in [-0.3, -0.25) is 4.79 Å². The van der Waals surface area contributed by atoms with Gasteiger partial charge in [-0.1, -0.05) is 6.92 Å². The SMILES string of the molecule is CCC(NC(=O)/C=C(\C)c1cc2c3c(oc2cc1OC)CCCC3)C(=O)O. The van der Waals surface area contributed by atoms with E-state index in [1.165, 1.54) is 11.6 Å². The number of ether oxygens (including phenoxy) is 1. The van der Waals surface area contributed by atoms with E-state index >= 15 is 0 Å². The number of carbonyl (C=O) groups is 2. The number of benzene rings is 1. The highest BCUT2D eigenvalue weighted by molar-refractivity contribution is 5.99. The molecule has 27 heavy (non-hydrogen) atoms. The lowest BCUT2D eigenvalue weighted by Crippen LogP contribution is -2.39. The van der Waals surface area contributed by atoms with Crippen LogP contribution in [0.15, 0.2) is 22.6 Å². The van der Waals surface area contributed by atoms with E-state index in [-0.39, 0.29) is 0 Å². The molecule has 6 nitrogen and oxygen atoms in total. The molecule has 1 aromatic heterocycles. The van der Waals surface area contributed by atoms with Gasteiger partial charge < -0.3 is 19.6 Å². The summed E-state index contributed by atoms with van der Waals surface area (Å²) in [6.07, 6.45) is 5.97. The van der Waals surface area contributed by atoms with Crippen LogP contribution in [0.1, 0.15) is 50.0 Å². The molecule has 0 bridgehead atoms. The number of carboxylic acid groups (broad SMARTS) is 1. The van der Waals surface area contributed by atoms with E-state index in [9.17, 15) is 9.59 Å². The molecule has 1 aliphatic rings. The summed E-state index contributed by atoms with van der Waals surface area (Å²) in [5.41, 5.74) is 3.56. The van der Waals surface area contributed by atoms with Crippen LogP contribution in [0.2, 0.25) is 0 Å². The number of nitrogens with one attached hydrogen (secondary N) is 1. The molecule has 0 fully saturated rings. The Kier molecular flexibility index (Phi) is 5.54. The average molecular weight is 371 g/mol. The van der Waals surface area contributed by atoms with Crippen molar-refractivity contribution in [3.8, 4) is 5.75 Å². The third kappa shape index (κ3) is 3.84. The van der Waals surface area contributed by atoms with Crippen LogP contribution in [0.4, 0.5) is 0 Å². The minimum atomic E-state index is -1.04. The quantitative estimate of drug-likeness (QED) is 0.756. The van der Waals surface area contributed by atoms with Crippen molar-refractivity contribution in [2.24, 2.45) is 0 Å². The molecule has 2 aromatic rings. The molecule has 0 spiro atoms. The number of amides is 1. The number of rotatable bonds is 6. The molecular weight excluding hydrogens is 346 g/mol. The summed E-state index contributed by atoms with van der Waals surface area (Å²) in [6, 6.07) is 2.98. The maximum absolute atomic E-state index is 12.2. The maximum atomic E-state index is 12.2. The van der Waals surface area contributed by atoms with Crippen molar-refractivity contribution < 1.29 is 23.8 Å². The van der Waals surface area contributed by atoms with Crippen molar-refractivity contribution in [1.29, 1.82) is 0 Å². The Hall–Kier alpha value is -2.76. The maximum Gasteiger partial charge on any atom is 0.326 e. The molecule has 1 aliphatic carbocycles. The van der Waals surface area contributed by atoms with E-state index in [0.717, 1.165) is 48.0 Å². The molecular formula is C21H25NO5. The zero-order valence-corrected chi connectivity index (χ0v) is 15.9. The molecule has 1 amide bonds. The molecule has 3 rings (SSSR count). The number of methoxy groups -OCH3 is 1. The van der Waals surface area contributed by atoms with Crippen molar-refractivity contribution in [2.75, 3.05) is 7.11 Å². The molecule has 1 unspecified atom stereocenters. The van der Waals surface area contributed by atoms with Gasteiger partial charge in [0.1, 0.15) is 23.1 Å². The fraction of sp³-hybridized carbons (Fsp3) is 0.429. The Morgan fingerprint density at radius 1 is 1.33 bits per heavy atom. The standard InChI is InChI=1S/C21H25NO5/c1-4-16(21(24)25)22-20(23)9-12(2)14-10-15-13-7-5-6-8-17(13)27-19(15)11-18(14)26-3/h9-11,16H,4-8H2,1-3H3,(H,22,23)(H,24,25)/b12-9+. The minimum absolute atomic E-state index is 0.324. The molecule has 1 aromatic carbocycles. The van der Waals surface area contributed by atoms with Crippen LogP contribution in [-0.4, -0.2) is 30.1 Å². The smallest absolute Gasteiger partial charge is 0.326 e. The Balaban J connectivity index is 1.96. The lowest BCUT2D eigenvalue weighted by Gasteiger charge is -2.13. The number of aliphatic carboxylic acids is 1. The summed E-state index contributed by atoms with van der Waals surface area (Å²) in [7, 11) is 1.58. The lowest BCUT2D eigenvalue weighted by molar-refractivity contribution is -0.141. The molecule has 0 aliphatic heterocycles. The molecule has 0 saturated carbocycles. The van der Waals surface area contributed by atoms with E-state index in [1.807, 2.05) is 19.1 Å². The molecule has 2 N–H and O–H groups in total. The van der Waals surface area contributed by atoms with Gasteiger partial charge in [-0.2, -0.15) is 0 Å². The largest absolute Gasteiger partial charge is 0.496 e. The third-order valence-corrected chi connectivity index (χ3v) is 5.07. The summed E-state index contributed by atoms with van der Waals surface area (Å²) in [5, 5.41) is 12.7. The summed E-state index contributed by atoms with van der Waals surface area (Å²) >= 11 is 0. The fourth-order valence-corrected chi connectivity index (χ4v) is 3.59. The van der Waals surface area contributed by atoms with Crippen LogP contribution >= 0.6 is 0 Å². The summed E-state index contributed by atoms with van der Waals surface area (Å²) in [4.78, 5) is 23.3. The van der Waals surface area contributed by atoms with Crippen LogP contribution in [0.25, 0.3) is 16.5 Å². The number of hydrogen-bond donors (Lipinski definition) is 2. The van der Waals surface area contributed by atoms with Crippen LogP contribution in [-0.2, 0) is 22.4 Å². The minimum Gasteiger partial charge on any atom is -0.496 e. The highest BCUT2D eigenvalue weighted by Gasteiger charge is 2.21.